The fourth-order valence-electron chi connectivity index (χ4n) is 2.41. The molecule has 0 aliphatic carbocycles. The number of aryl methyl sites for hydroxylation is 2. The van der Waals surface area contributed by atoms with E-state index in [2.05, 4.69) is 77.1 Å². The minimum Gasteiger partial charge on any atom is -0.0617 e. The van der Waals surface area contributed by atoms with E-state index in [1.54, 1.807) is 0 Å². The lowest BCUT2D eigenvalue weighted by molar-refractivity contribution is 0.590. The molecule has 0 fully saturated rings. The molecule has 0 saturated carbocycles. The van der Waals surface area contributed by atoms with Gasteiger partial charge in [-0.05, 0) is 47.1 Å². The van der Waals surface area contributed by atoms with E-state index in [1.807, 2.05) is 0 Å². The molecule has 0 radical (unpaired) electrons. The molecule has 2 aromatic carbocycles. The average molecular weight is 238 g/mol. The van der Waals surface area contributed by atoms with E-state index < -0.39 is 0 Å². The molecule has 0 spiro atoms. The molecule has 0 aromatic heterocycles. The van der Waals surface area contributed by atoms with Crippen molar-refractivity contribution >= 4 is 0 Å². The summed E-state index contributed by atoms with van der Waals surface area (Å²) in [6, 6.07) is 15.5. The Balaban J connectivity index is 2.47. The van der Waals surface area contributed by atoms with E-state index in [0.29, 0.717) is 0 Å². The van der Waals surface area contributed by atoms with Crippen molar-refractivity contribution in [3.05, 3.63) is 59.2 Å². The van der Waals surface area contributed by atoms with E-state index in [-0.39, 0.29) is 5.41 Å². The quantitative estimate of drug-likeness (QED) is 0.635. The average Bonchev–Trinajstić information content (AvgIpc) is 2.28. The fourth-order valence-corrected chi connectivity index (χ4v) is 2.41. The van der Waals surface area contributed by atoms with Gasteiger partial charge in [-0.25, -0.2) is 0 Å². The van der Waals surface area contributed by atoms with Crippen molar-refractivity contribution in [1.82, 2.24) is 0 Å². The molecule has 0 heterocycles. The molecule has 0 saturated heterocycles. The van der Waals surface area contributed by atoms with Gasteiger partial charge in [-0.1, -0.05) is 63.2 Å². The van der Waals surface area contributed by atoms with Crippen LogP contribution in [-0.2, 0) is 5.41 Å². The maximum Gasteiger partial charge on any atom is -0.0125 e. The van der Waals surface area contributed by atoms with Crippen LogP contribution in [0.3, 0.4) is 0 Å². The summed E-state index contributed by atoms with van der Waals surface area (Å²) in [5, 5.41) is 0. The Morgan fingerprint density at radius 2 is 1.22 bits per heavy atom. The molecule has 18 heavy (non-hydrogen) atoms. The molecule has 0 bridgehead atoms. The largest absolute Gasteiger partial charge is 0.0617 e. The molecule has 0 atom stereocenters. The molecule has 0 amide bonds. The van der Waals surface area contributed by atoms with Gasteiger partial charge in [0.2, 0.25) is 0 Å². The van der Waals surface area contributed by atoms with Crippen molar-refractivity contribution in [3.8, 4) is 11.1 Å². The maximum atomic E-state index is 2.25. The van der Waals surface area contributed by atoms with E-state index in [0.717, 1.165) is 0 Å². The number of hydrogen-bond donors (Lipinski definition) is 0. The van der Waals surface area contributed by atoms with Gasteiger partial charge in [-0.2, -0.15) is 0 Å². The van der Waals surface area contributed by atoms with Crippen LogP contribution in [0.4, 0.5) is 0 Å². The molecule has 0 heteroatoms. The summed E-state index contributed by atoms with van der Waals surface area (Å²) in [7, 11) is 0. The number of benzene rings is 2. The first-order chi connectivity index (χ1) is 8.39. The molecule has 0 unspecified atom stereocenters. The monoisotopic (exact) mass is 238 g/mol. The van der Waals surface area contributed by atoms with Crippen LogP contribution >= 0.6 is 0 Å². The Morgan fingerprint density at radius 3 is 1.67 bits per heavy atom. The molecule has 0 aliphatic rings. The molecule has 0 N–H and O–H groups in total. The van der Waals surface area contributed by atoms with Crippen LogP contribution in [0.5, 0.6) is 0 Å². The van der Waals surface area contributed by atoms with Crippen molar-refractivity contribution in [3.63, 3.8) is 0 Å². The van der Waals surface area contributed by atoms with Crippen LogP contribution in [0.2, 0.25) is 0 Å². The van der Waals surface area contributed by atoms with Crippen molar-refractivity contribution in [2.24, 2.45) is 0 Å². The minimum atomic E-state index is 0.222. The van der Waals surface area contributed by atoms with Gasteiger partial charge in [0.25, 0.3) is 0 Å². The summed E-state index contributed by atoms with van der Waals surface area (Å²) in [4.78, 5) is 0. The predicted octanol–water partition coefficient (Wildman–Crippen LogP) is 5.27. The van der Waals surface area contributed by atoms with Crippen molar-refractivity contribution < 1.29 is 0 Å². The van der Waals surface area contributed by atoms with Crippen LogP contribution in [-0.4, -0.2) is 0 Å². The molecule has 0 aliphatic heterocycles. The van der Waals surface area contributed by atoms with Crippen LogP contribution in [0.15, 0.2) is 42.5 Å². The first-order valence-corrected chi connectivity index (χ1v) is 6.57. The van der Waals surface area contributed by atoms with Gasteiger partial charge in [0, 0.05) is 0 Å². The summed E-state index contributed by atoms with van der Waals surface area (Å²) in [6.45, 7) is 11.1. The van der Waals surface area contributed by atoms with E-state index in [4.69, 9.17) is 0 Å². The first-order valence-electron chi connectivity index (χ1n) is 6.57. The Hall–Kier alpha value is -1.56. The molecule has 0 nitrogen and oxygen atoms in total. The Kier molecular flexibility index (Phi) is 3.30. The van der Waals surface area contributed by atoms with E-state index >= 15 is 0 Å². The van der Waals surface area contributed by atoms with Crippen LogP contribution in [0, 0.1) is 13.8 Å². The zero-order valence-electron chi connectivity index (χ0n) is 12.0. The molecule has 2 rings (SSSR count). The Morgan fingerprint density at radius 1 is 0.722 bits per heavy atom. The summed E-state index contributed by atoms with van der Waals surface area (Å²) < 4.78 is 0. The van der Waals surface area contributed by atoms with Crippen molar-refractivity contribution in [2.45, 2.75) is 40.0 Å². The maximum absolute atomic E-state index is 2.25. The summed E-state index contributed by atoms with van der Waals surface area (Å²) in [5.74, 6) is 0. The summed E-state index contributed by atoms with van der Waals surface area (Å²) >= 11 is 0. The molecule has 94 valence electrons. The van der Waals surface area contributed by atoms with Gasteiger partial charge >= 0.3 is 0 Å². The highest BCUT2D eigenvalue weighted by molar-refractivity contribution is 5.70. The first kappa shape index (κ1) is 12.9. The summed E-state index contributed by atoms with van der Waals surface area (Å²) in [5.41, 5.74) is 6.99. The Bertz CT molecular complexity index is 519. The highest BCUT2D eigenvalue weighted by Crippen LogP contribution is 2.29. The van der Waals surface area contributed by atoms with E-state index in [9.17, 15) is 0 Å². The third kappa shape index (κ3) is 2.48. The lowest BCUT2D eigenvalue weighted by Crippen LogP contribution is -2.10. The summed E-state index contributed by atoms with van der Waals surface area (Å²) in [6.07, 6.45) is 0. The molecular formula is C18H22. The van der Waals surface area contributed by atoms with Crippen LogP contribution in [0.1, 0.15) is 37.5 Å². The fraction of sp³-hybridized carbons (Fsp3) is 0.333. The van der Waals surface area contributed by atoms with Crippen LogP contribution < -0.4 is 0 Å². The molecular weight excluding hydrogens is 216 g/mol. The highest BCUT2D eigenvalue weighted by atomic mass is 14.2. The third-order valence-corrected chi connectivity index (χ3v) is 3.52. The SMILES string of the molecule is Cc1cccc(C)c1-c1ccc(C(C)(C)C)cc1. The van der Waals surface area contributed by atoms with Crippen molar-refractivity contribution in [2.75, 3.05) is 0 Å². The topological polar surface area (TPSA) is 0 Å². The zero-order chi connectivity index (χ0) is 13.3. The lowest BCUT2D eigenvalue weighted by Gasteiger charge is -2.19. The van der Waals surface area contributed by atoms with Gasteiger partial charge in [-0.3, -0.25) is 0 Å². The second-order valence-corrected chi connectivity index (χ2v) is 6.09. The second-order valence-electron chi connectivity index (χ2n) is 6.09. The molecule has 2 aromatic rings. The van der Waals surface area contributed by atoms with Gasteiger partial charge in [0.15, 0.2) is 0 Å². The third-order valence-electron chi connectivity index (χ3n) is 3.52. The van der Waals surface area contributed by atoms with Gasteiger partial charge < -0.3 is 0 Å². The predicted molar refractivity (Wildman–Crippen MR) is 80.1 cm³/mol. The Labute approximate surface area is 111 Å². The normalized spacial score (nSPS) is 11.6. The second kappa shape index (κ2) is 4.61. The van der Waals surface area contributed by atoms with Gasteiger partial charge in [-0.15, -0.1) is 0 Å². The number of hydrogen-bond acceptors (Lipinski definition) is 0. The van der Waals surface area contributed by atoms with Gasteiger partial charge in [0.05, 0.1) is 0 Å². The highest BCUT2D eigenvalue weighted by Gasteiger charge is 2.13. The lowest BCUT2D eigenvalue weighted by atomic mass is 9.85. The number of rotatable bonds is 1. The van der Waals surface area contributed by atoms with Gasteiger partial charge in [0.1, 0.15) is 0 Å². The van der Waals surface area contributed by atoms with Crippen molar-refractivity contribution in [1.29, 1.82) is 0 Å². The van der Waals surface area contributed by atoms with E-state index in [1.165, 1.54) is 27.8 Å². The van der Waals surface area contributed by atoms with Crippen LogP contribution in [0.25, 0.3) is 11.1 Å². The minimum absolute atomic E-state index is 0.222. The zero-order valence-corrected chi connectivity index (χ0v) is 12.0. The smallest absolute Gasteiger partial charge is 0.0125 e. The standard InChI is InChI=1S/C18H22/c1-13-7-6-8-14(2)17(13)15-9-11-16(12-10-15)18(3,4)5/h6-12H,1-5H3.